The Balaban J connectivity index is 0.000000201. The van der Waals surface area contributed by atoms with Gasteiger partial charge in [-0.1, -0.05) is 65.4 Å². The molecule has 0 saturated carbocycles. The number of halogens is 2. The van der Waals surface area contributed by atoms with Crippen molar-refractivity contribution in [1.82, 2.24) is 0 Å². The molecule has 1 aliphatic rings. The van der Waals surface area contributed by atoms with Crippen molar-refractivity contribution in [2.75, 3.05) is 0 Å². The van der Waals surface area contributed by atoms with Crippen molar-refractivity contribution in [1.29, 1.82) is 0 Å². The second-order valence-electron chi connectivity index (χ2n) is 11.8. The number of rotatable bonds is 4. The maximum absolute atomic E-state index is 2.99. The quantitative estimate of drug-likeness (QED) is 0.161. The Morgan fingerprint density at radius 2 is 1.14 bits per heavy atom. The zero-order valence-corrected chi connectivity index (χ0v) is 30.0. The molecule has 44 heavy (non-hydrogen) atoms. The Labute approximate surface area is 290 Å². The van der Waals surface area contributed by atoms with Crippen LogP contribution in [0.3, 0.4) is 0 Å². The van der Waals surface area contributed by atoms with E-state index in [1.54, 1.807) is 3.21 Å². The molecule has 0 unspecified atom stereocenters. The summed E-state index contributed by atoms with van der Waals surface area (Å²) in [5.41, 5.74) is 2.99. The van der Waals surface area contributed by atoms with Crippen LogP contribution in [0.1, 0.15) is 45.2 Å². The molecule has 6 aromatic rings. The van der Waals surface area contributed by atoms with Crippen molar-refractivity contribution in [3.8, 4) is 0 Å². The van der Waals surface area contributed by atoms with Gasteiger partial charge in [-0.15, -0.1) is 64.9 Å². The van der Waals surface area contributed by atoms with Crippen molar-refractivity contribution in [3.63, 3.8) is 0 Å². The van der Waals surface area contributed by atoms with Gasteiger partial charge in [-0.2, -0.15) is 6.08 Å². The molecule has 0 N–H and O–H groups in total. The average molecular weight is 695 g/mol. The number of hydrogen-bond donors (Lipinski definition) is 0. The van der Waals surface area contributed by atoms with E-state index in [1.165, 1.54) is 67.7 Å². The third-order valence-corrected chi connectivity index (χ3v) is 11.4. The molecule has 0 bridgehead atoms. The van der Waals surface area contributed by atoms with Crippen molar-refractivity contribution < 1.29 is 24.2 Å². The molecule has 0 atom stereocenters. The fourth-order valence-corrected chi connectivity index (χ4v) is 6.54. The third-order valence-electron chi connectivity index (χ3n) is 8.35. The van der Waals surface area contributed by atoms with Gasteiger partial charge in [0.15, 0.2) is 0 Å². The van der Waals surface area contributed by atoms with Gasteiger partial charge in [-0.3, -0.25) is 6.08 Å². The zero-order valence-electron chi connectivity index (χ0n) is 25.9. The molecule has 0 saturated heterocycles. The minimum atomic E-state index is 0. The molecule has 0 heterocycles. The predicted molar refractivity (Wildman–Crippen MR) is 195 cm³/mol. The molecule has 0 aromatic heterocycles. The second kappa shape index (κ2) is 15.9. The summed E-state index contributed by atoms with van der Waals surface area (Å²) in [4.78, 5) is 0. The monoisotopic (exact) mass is 692 g/mol. The molecule has 6 aromatic carbocycles. The van der Waals surface area contributed by atoms with Gasteiger partial charge >= 0.3 is 138 Å². The van der Waals surface area contributed by atoms with Crippen LogP contribution < -0.4 is 0 Å². The second-order valence-corrected chi connectivity index (χ2v) is 13.1. The molecule has 0 nitrogen and oxygen atoms in total. The summed E-state index contributed by atoms with van der Waals surface area (Å²) in [6.07, 6.45) is 10.0. The van der Waals surface area contributed by atoms with E-state index in [0.717, 1.165) is 6.42 Å². The summed E-state index contributed by atoms with van der Waals surface area (Å²) in [6, 6.07) is 45.6. The van der Waals surface area contributed by atoms with E-state index in [1.807, 2.05) is 12.2 Å². The molecule has 0 amide bonds. The van der Waals surface area contributed by atoms with Gasteiger partial charge in [-0.25, -0.2) is 12.2 Å². The Hall–Kier alpha value is -2.96. The molecule has 3 heteroatoms. The molecule has 222 valence electrons. The minimum Gasteiger partial charge on any atom is -0.273 e. The van der Waals surface area contributed by atoms with Crippen LogP contribution in [0.15, 0.2) is 146 Å². The van der Waals surface area contributed by atoms with Gasteiger partial charge < -0.3 is 0 Å². The van der Waals surface area contributed by atoms with E-state index in [-0.39, 0.29) is 35.6 Å². The summed E-state index contributed by atoms with van der Waals surface area (Å²) in [6.45, 7) is 9.38. The van der Waals surface area contributed by atoms with E-state index < -0.39 is 0 Å². The van der Waals surface area contributed by atoms with Crippen LogP contribution in [-0.2, 0) is 35.1 Å². The first kappa shape index (κ1) is 35.5. The van der Waals surface area contributed by atoms with Gasteiger partial charge in [0.2, 0.25) is 0 Å². The maximum Gasteiger partial charge on any atom is -0.0520 e. The van der Waals surface area contributed by atoms with Crippen molar-refractivity contribution in [3.05, 3.63) is 163 Å². The standard InChI is InChI=1S/C19H22.C17H11.C5H5.2ClH.Zr/c1-18(2,16-11-7-5-8-12-16)15-19(3,4)17-13-9-6-10-14-17;1-3-7-14-12(5-1)9-10-16-15-8-4-2-6-13(15)11-17(14)16;1-2-4-5-3-1;;;/h5-14H,1-4H3;1-11H;1-3H,4H2;2*1H;/q;2*-1;;;+2. The summed E-state index contributed by atoms with van der Waals surface area (Å²) < 4.78 is 1.58. The van der Waals surface area contributed by atoms with Crippen LogP contribution in [0.2, 0.25) is 0 Å². The van der Waals surface area contributed by atoms with Crippen molar-refractivity contribution in [2.24, 2.45) is 0 Å². The van der Waals surface area contributed by atoms with Gasteiger partial charge in [-0.05, 0) is 0 Å². The Bertz CT molecular complexity index is 1800. The minimum absolute atomic E-state index is 0. The fourth-order valence-electron chi connectivity index (χ4n) is 5.83. The van der Waals surface area contributed by atoms with Gasteiger partial charge in [0, 0.05) is 0 Å². The molecule has 0 fully saturated rings. The largest absolute Gasteiger partial charge is 0.273 e. The first-order valence-electron chi connectivity index (χ1n) is 14.7. The molecular weight excluding hydrogens is 655 g/mol. The van der Waals surface area contributed by atoms with Crippen molar-refractivity contribution in [2.45, 2.75) is 44.9 Å². The Morgan fingerprint density at radius 1 is 0.614 bits per heavy atom. The van der Waals surface area contributed by atoms with E-state index in [2.05, 4.69) is 167 Å². The zero-order chi connectivity index (χ0) is 29.6. The molecule has 0 aliphatic heterocycles. The van der Waals surface area contributed by atoms with E-state index in [9.17, 15) is 0 Å². The maximum atomic E-state index is 2.99. The van der Waals surface area contributed by atoms with Crippen LogP contribution in [0, 0.1) is 6.08 Å². The topological polar surface area (TPSA) is 0 Å². The first-order chi connectivity index (χ1) is 20.3. The summed E-state index contributed by atoms with van der Waals surface area (Å²) in [5, 5.41) is 8.08. The van der Waals surface area contributed by atoms with Crippen LogP contribution in [0.5, 0.6) is 0 Å². The summed E-state index contributed by atoms with van der Waals surface area (Å²) in [5.74, 6) is 0. The smallest absolute Gasteiger partial charge is 0.0520 e. The van der Waals surface area contributed by atoms with E-state index in [4.69, 9.17) is 0 Å². The first-order valence-corrected chi connectivity index (χ1v) is 15.9. The molecule has 0 spiro atoms. The number of benzene rings is 5. The van der Waals surface area contributed by atoms with Crippen LogP contribution in [0.25, 0.3) is 32.3 Å². The number of allylic oxidation sites excluding steroid dienone is 4. The number of hydrogen-bond acceptors (Lipinski definition) is 0. The van der Waals surface area contributed by atoms with E-state index in [0.29, 0.717) is 0 Å². The third kappa shape index (κ3) is 7.81. The Kier molecular flexibility index (Phi) is 12.8. The normalized spacial score (nSPS) is 12.0. The van der Waals surface area contributed by atoms with Gasteiger partial charge in [0.25, 0.3) is 0 Å². The van der Waals surface area contributed by atoms with Crippen LogP contribution in [-0.4, -0.2) is 3.21 Å². The Morgan fingerprint density at radius 3 is 1.66 bits per heavy atom. The van der Waals surface area contributed by atoms with Crippen LogP contribution in [0.4, 0.5) is 0 Å². The van der Waals surface area contributed by atoms with Crippen LogP contribution >= 0.6 is 24.8 Å². The van der Waals surface area contributed by atoms with Gasteiger partial charge in [0.1, 0.15) is 0 Å². The molecule has 0 radical (unpaired) electrons. The molecule has 7 rings (SSSR count). The average Bonchev–Trinajstić information content (AvgIpc) is 3.74. The SMILES string of the molecule is CC(C)([C](=[Zr+2])C(C)(C)c1ccccc1)c1ccccc1.Cl.Cl.[C-]1=CC=CC1.c1ccc2c(c1)ccc1c3ccccc3[cH-]c21. The molecule has 1 aliphatic carbocycles. The summed E-state index contributed by atoms with van der Waals surface area (Å²) >= 11 is 1.51. The molecular formula is C41H40Cl2Zr. The van der Waals surface area contributed by atoms with Gasteiger partial charge in [0.05, 0.1) is 0 Å². The predicted octanol–water partition coefficient (Wildman–Crippen LogP) is 11.7. The van der Waals surface area contributed by atoms with E-state index >= 15 is 0 Å². The summed E-state index contributed by atoms with van der Waals surface area (Å²) in [7, 11) is 0. The van der Waals surface area contributed by atoms with Crippen molar-refractivity contribution >= 4 is 60.3 Å². The fraction of sp³-hybridized carbons (Fsp3) is 0.171. The number of fused-ring (bicyclic) bond motifs is 5.